The van der Waals surface area contributed by atoms with Crippen LogP contribution in [0.3, 0.4) is 0 Å². The number of furan rings is 1. The minimum Gasteiger partial charge on any atom is -0.475 e. The predicted octanol–water partition coefficient (Wildman–Crippen LogP) is -0.998. The van der Waals surface area contributed by atoms with Crippen molar-refractivity contribution < 1.29 is 27.5 Å². The summed E-state index contributed by atoms with van der Waals surface area (Å²) in [5.41, 5.74) is 0. The molecule has 0 aliphatic heterocycles. The van der Waals surface area contributed by atoms with Crippen LogP contribution in [0.25, 0.3) is 0 Å². The van der Waals surface area contributed by atoms with Crippen LogP contribution in [0.1, 0.15) is 10.6 Å². The molecule has 0 aliphatic rings. The lowest BCUT2D eigenvalue weighted by atomic mass is 10.5. The molecule has 0 fully saturated rings. The van der Waals surface area contributed by atoms with Crippen LogP contribution in [-0.2, 0) is 14.8 Å². The Labute approximate surface area is 96.7 Å². The van der Waals surface area contributed by atoms with Gasteiger partial charge in [0.1, 0.15) is 0 Å². The van der Waals surface area contributed by atoms with Crippen molar-refractivity contribution in [3.63, 3.8) is 0 Å². The summed E-state index contributed by atoms with van der Waals surface area (Å²) in [6, 6.07) is 2.01. The Morgan fingerprint density at radius 1 is 1.41 bits per heavy atom. The molecule has 0 atom stereocenters. The SMILES string of the molecule is CNC(=O)CNS(=O)(=O)c1ccc(C(=O)O)o1. The van der Waals surface area contributed by atoms with Crippen LogP contribution in [0, 0.1) is 0 Å². The quantitative estimate of drug-likeness (QED) is 0.625. The first-order valence-corrected chi connectivity index (χ1v) is 5.88. The van der Waals surface area contributed by atoms with Gasteiger partial charge < -0.3 is 14.8 Å². The van der Waals surface area contributed by atoms with Crippen molar-refractivity contribution in [2.45, 2.75) is 5.09 Å². The molecule has 1 amide bonds. The van der Waals surface area contributed by atoms with Gasteiger partial charge in [-0.3, -0.25) is 4.79 Å². The highest BCUT2D eigenvalue weighted by molar-refractivity contribution is 7.89. The molecule has 0 bridgehead atoms. The van der Waals surface area contributed by atoms with Gasteiger partial charge in [-0.05, 0) is 12.1 Å². The maximum absolute atomic E-state index is 11.5. The van der Waals surface area contributed by atoms with Crippen molar-refractivity contribution >= 4 is 21.9 Å². The van der Waals surface area contributed by atoms with Crippen molar-refractivity contribution in [2.24, 2.45) is 0 Å². The average Bonchev–Trinajstić information content (AvgIpc) is 2.76. The molecule has 0 saturated heterocycles. The Morgan fingerprint density at radius 3 is 2.53 bits per heavy atom. The van der Waals surface area contributed by atoms with Crippen LogP contribution in [0.2, 0.25) is 0 Å². The first kappa shape index (κ1) is 13.2. The molecule has 1 aromatic rings. The lowest BCUT2D eigenvalue weighted by molar-refractivity contribution is -0.119. The van der Waals surface area contributed by atoms with Crippen LogP contribution >= 0.6 is 0 Å². The van der Waals surface area contributed by atoms with Gasteiger partial charge in [-0.1, -0.05) is 0 Å². The molecule has 9 heteroatoms. The average molecular weight is 262 g/mol. The minimum atomic E-state index is -4.02. The van der Waals surface area contributed by atoms with Crippen molar-refractivity contribution in [1.29, 1.82) is 0 Å². The standard InChI is InChI=1S/C8H10N2O6S/c1-9-6(11)4-10-17(14,15)7-3-2-5(16-7)8(12)13/h2-3,10H,4H2,1H3,(H,9,11)(H,12,13). The van der Waals surface area contributed by atoms with E-state index in [-0.39, 0.29) is 0 Å². The highest BCUT2D eigenvalue weighted by Crippen LogP contribution is 2.13. The summed E-state index contributed by atoms with van der Waals surface area (Å²) in [4.78, 5) is 21.3. The molecular weight excluding hydrogens is 252 g/mol. The summed E-state index contributed by atoms with van der Waals surface area (Å²) in [6.07, 6.45) is 0. The topological polar surface area (TPSA) is 126 Å². The molecule has 0 aliphatic carbocycles. The van der Waals surface area contributed by atoms with Gasteiger partial charge in [0, 0.05) is 7.05 Å². The van der Waals surface area contributed by atoms with Crippen molar-refractivity contribution in [1.82, 2.24) is 10.0 Å². The second kappa shape index (κ2) is 4.97. The van der Waals surface area contributed by atoms with Gasteiger partial charge in [-0.15, -0.1) is 0 Å². The fourth-order valence-corrected chi connectivity index (χ4v) is 1.81. The summed E-state index contributed by atoms with van der Waals surface area (Å²) in [7, 11) is -2.67. The summed E-state index contributed by atoms with van der Waals surface area (Å²) < 4.78 is 29.6. The Morgan fingerprint density at radius 2 is 2.06 bits per heavy atom. The molecule has 0 unspecified atom stereocenters. The molecular formula is C8H10N2O6S. The maximum Gasteiger partial charge on any atom is 0.371 e. The number of carboxylic acid groups (broad SMARTS) is 1. The van der Waals surface area contributed by atoms with E-state index in [1.807, 2.05) is 4.72 Å². The largest absolute Gasteiger partial charge is 0.475 e. The van der Waals surface area contributed by atoms with E-state index >= 15 is 0 Å². The second-order valence-corrected chi connectivity index (χ2v) is 4.62. The third kappa shape index (κ3) is 3.29. The van der Waals surface area contributed by atoms with Crippen LogP contribution in [-0.4, -0.2) is 39.0 Å². The number of carbonyl (C=O) groups is 2. The molecule has 1 rings (SSSR count). The van der Waals surface area contributed by atoms with Gasteiger partial charge >= 0.3 is 5.97 Å². The van der Waals surface area contributed by atoms with Crippen molar-refractivity contribution in [3.05, 3.63) is 17.9 Å². The van der Waals surface area contributed by atoms with E-state index in [4.69, 9.17) is 5.11 Å². The first-order valence-electron chi connectivity index (χ1n) is 4.40. The predicted molar refractivity (Wildman–Crippen MR) is 54.9 cm³/mol. The third-order valence-corrected chi connectivity index (χ3v) is 3.03. The zero-order chi connectivity index (χ0) is 13.1. The summed E-state index contributed by atoms with van der Waals surface area (Å²) >= 11 is 0. The van der Waals surface area contributed by atoms with Gasteiger partial charge in [-0.2, -0.15) is 4.72 Å². The minimum absolute atomic E-state index is 0.456. The van der Waals surface area contributed by atoms with Crippen LogP contribution < -0.4 is 10.0 Å². The molecule has 8 nitrogen and oxygen atoms in total. The summed E-state index contributed by atoms with van der Waals surface area (Å²) in [6.45, 7) is -0.456. The molecule has 94 valence electrons. The van der Waals surface area contributed by atoms with E-state index in [2.05, 4.69) is 9.73 Å². The number of carboxylic acids is 1. The number of aromatic carboxylic acids is 1. The second-order valence-electron chi connectivity index (χ2n) is 2.92. The normalized spacial score (nSPS) is 11.1. The number of likely N-dealkylation sites (N-methyl/N-ethyl adjacent to an activating group) is 1. The van der Waals surface area contributed by atoms with Crippen LogP contribution in [0.15, 0.2) is 21.6 Å². The van der Waals surface area contributed by atoms with Gasteiger partial charge in [0.15, 0.2) is 0 Å². The Balaban J connectivity index is 2.82. The molecule has 0 aromatic carbocycles. The zero-order valence-corrected chi connectivity index (χ0v) is 9.58. The lowest BCUT2D eigenvalue weighted by Gasteiger charge is -2.02. The lowest BCUT2D eigenvalue weighted by Crippen LogP contribution is -2.35. The van der Waals surface area contributed by atoms with E-state index in [0.717, 1.165) is 12.1 Å². The highest BCUT2D eigenvalue weighted by atomic mass is 32.2. The van der Waals surface area contributed by atoms with Crippen molar-refractivity contribution in [2.75, 3.05) is 13.6 Å². The third-order valence-electron chi connectivity index (χ3n) is 1.76. The van der Waals surface area contributed by atoms with E-state index in [0.29, 0.717) is 0 Å². The molecule has 17 heavy (non-hydrogen) atoms. The van der Waals surface area contributed by atoms with Crippen molar-refractivity contribution in [3.8, 4) is 0 Å². The molecule has 0 radical (unpaired) electrons. The molecule has 0 saturated carbocycles. The van der Waals surface area contributed by atoms with E-state index in [1.165, 1.54) is 7.05 Å². The van der Waals surface area contributed by atoms with Crippen LogP contribution in [0.5, 0.6) is 0 Å². The first-order chi connectivity index (χ1) is 7.86. The monoisotopic (exact) mass is 262 g/mol. The number of carbonyl (C=O) groups excluding carboxylic acids is 1. The molecule has 1 aromatic heterocycles. The van der Waals surface area contributed by atoms with Crippen LogP contribution in [0.4, 0.5) is 0 Å². The fraction of sp³-hybridized carbons (Fsp3) is 0.250. The summed E-state index contributed by atoms with van der Waals surface area (Å²) in [5.74, 6) is -2.40. The van der Waals surface area contributed by atoms with Gasteiger partial charge in [0.05, 0.1) is 6.54 Å². The number of hydrogen-bond donors (Lipinski definition) is 3. The van der Waals surface area contributed by atoms with E-state index in [9.17, 15) is 18.0 Å². The zero-order valence-electron chi connectivity index (χ0n) is 8.76. The number of nitrogens with one attached hydrogen (secondary N) is 2. The Hall–Kier alpha value is -1.87. The van der Waals surface area contributed by atoms with Gasteiger partial charge in [-0.25, -0.2) is 13.2 Å². The maximum atomic E-state index is 11.5. The Bertz CT molecular complexity index is 532. The number of hydrogen-bond acceptors (Lipinski definition) is 5. The smallest absolute Gasteiger partial charge is 0.371 e. The van der Waals surface area contributed by atoms with E-state index < -0.39 is 39.3 Å². The number of sulfonamides is 1. The van der Waals surface area contributed by atoms with Gasteiger partial charge in [0.25, 0.3) is 10.0 Å². The fourth-order valence-electron chi connectivity index (χ4n) is 0.900. The van der Waals surface area contributed by atoms with E-state index in [1.54, 1.807) is 0 Å². The highest BCUT2D eigenvalue weighted by Gasteiger charge is 2.21. The summed E-state index contributed by atoms with van der Waals surface area (Å²) in [5, 5.41) is 10.2. The number of rotatable bonds is 5. The molecule has 0 spiro atoms. The molecule has 1 heterocycles. The molecule has 3 N–H and O–H groups in total. The Kier molecular flexibility index (Phi) is 3.86. The van der Waals surface area contributed by atoms with Gasteiger partial charge in [0.2, 0.25) is 16.8 Å². The number of amides is 1.